The number of carbonyl (C=O) groups excluding carboxylic acids is 1. The molecule has 1 atom stereocenters. The van der Waals surface area contributed by atoms with E-state index in [-0.39, 0.29) is 6.03 Å². The number of piperidine rings is 1. The van der Waals surface area contributed by atoms with E-state index in [0.29, 0.717) is 12.1 Å². The van der Waals surface area contributed by atoms with Crippen LogP contribution in [-0.2, 0) is 0 Å². The molecule has 2 heterocycles. The minimum absolute atomic E-state index is 0.0115. The molecule has 1 aromatic carbocycles. The normalized spacial score (nSPS) is 24.2. The molecule has 5 heteroatoms. The molecule has 2 aliphatic heterocycles. The number of nitrogens with one attached hydrogen (secondary N) is 1. The van der Waals surface area contributed by atoms with E-state index in [2.05, 4.69) is 10.2 Å². The second kappa shape index (κ2) is 6.45. The summed E-state index contributed by atoms with van der Waals surface area (Å²) in [5.74, 6) is 0. The summed E-state index contributed by atoms with van der Waals surface area (Å²) in [7, 11) is 0. The van der Waals surface area contributed by atoms with Gasteiger partial charge in [0.1, 0.15) is 0 Å². The molecule has 5 nitrogen and oxygen atoms in total. The maximum atomic E-state index is 12.3. The number of para-hydroxylation sites is 1. The van der Waals surface area contributed by atoms with Gasteiger partial charge in [-0.15, -0.1) is 0 Å². The highest BCUT2D eigenvalue weighted by Crippen LogP contribution is 2.20. The topological polar surface area (TPSA) is 61.6 Å². The zero-order valence-corrected chi connectivity index (χ0v) is 12.4. The van der Waals surface area contributed by atoms with Gasteiger partial charge >= 0.3 is 6.03 Å². The number of urea groups is 1. The SMILES string of the molecule is NC1CCN(C2CCN(C(=O)Nc3ccccc3)C2)CC1. The summed E-state index contributed by atoms with van der Waals surface area (Å²) >= 11 is 0. The van der Waals surface area contributed by atoms with Crippen molar-refractivity contribution in [2.75, 3.05) is 31.5 Å². The first-order valence-corrected chi connectivity index (χ1v) is 7.83. The predicted octanol–water partition coefficient (Wildman–Crippen LogP) is 1.72. The number of amides is 2. The van der Waals surface area contributed by atoms with Gasteiger partial charge in [-0.1, -0.05) is 18.2 Å². The molecule has 3 rings (SSSR count). The van der Waals surface area contributed by atoms with Crippen LogP contribution in [0.5, 0.6) is 0 Å². The van der Waals surface area contributed by atoms with Crippen molar-refractivity contribution in [1.82, 2.24) is 9.80 Å². The lowest BCUT2D eigenvalue weighted by Gasteiger charge is -2.34. The number of likely N-dealkylation sites (tertiary alicyclic amines) is 2. The van der Waals surface area contributed by atoms with E-state index < -0.39 is 0 Å². The van der Waals surface area contributed by atoms with Gasteiger partial charge in [-0.2, -0.15) is 0 Å². The lowest BCUT2D eigenvalue weighted by atomic mass is 10.0. The van der Waals surface area contributed by atoms with Gasteiger partial charge in [0.25, 0.3) is 0 Å². The Morgan fingerprint density at radius 3 is 2.52 bits per heavy atom. The van der Waals surface area contributed by atoms with Gasteiger partial charge in [0.05, 0.1) is 0 Å². The summed E-state index contributed by atoms with van der Waals surface area (Å²) in [6.07, 6.45) is 3.22. The van der Waals surface area contributed by atoms with Crippen molar-refractivity contribution in [1.29, 1.82) is 0 Å². The second-order valence-corrected chi connectivity index (χ2v) is 6.06. The van der Waals surface area contributed by atoms with Gasteiger partial charge in [0.15, 0.2) is 0 Å². The Labute approximate surface area is 126 Å². The van der Waals surface area contributed by atoms with E-state index in [9.17, 15) is 4.79 Å². The first-order valence-electron chi connectivity index (χ1n) is 7.83. The lowest BCUT2D eigenvalue weighted by molar-refractivity contribution is 0.154. The van der Waals surface area contributed by atoms with Crippen molar-refractivity contribution in [3.63, 3.8) is 0 Å². The second-order valence-electron chi connectivity index (χ2n) is 6.06. The average Bonchev–Trinajstić information content (AvgIpc) is 2.99. The predicted molar refractivity (Wildman–Crippen MR) is 84.2 cm³/mol. The van der Waals surface area contributed by atoms with Gasteiger partial charge in [-0.05, 0) is 44.5 Å². The third-order valence-corrected chi connectivity index (χ3v) is 4.57. The van der Waals surface area contributed by atoms with Crippen LogP contribution in [0.1, 0.15) is 19.3 Å². The van der Waals surface area contributed by atoms with E-state index in [0.717, 1.165) is 51.1 Å². The van der Waals surface area contributed by atoms with Gasteiger partial charge in [-0.3, -0.25) is 4.90 Å². The van der Waals surface area contributed by atoms with E-state index in [1.807, 2.05) is 35.2 Å². The third-order valence-electron chi connectivity index (χ3n) is 4.57. The summed E-state index contributed by atoms with van der Waals surface area (Å²) in [6, 6.07) is 10.5. The number of carbonyl (C=O) groups is 1. The van der Waals surface area contributed by atoms with Gasteiger partial charge in [-0.25, -0.2) is 4.79 Å². The van der Waals surface area contributed by atoms with Crippen molar-refractivity contribution in [2.24, 2.45) is 5.73 Å². The fourth-order valence-corrected chi connectivity index (χ4v) is 3.23. The number of nitrogens with two attached hydrogens (primary N) is 1. The van der Waals surface area contributed by atoms with Crippen LogP contribution in [0, 0.1) is 0 Å². The molecule has 21 heavy (non-hydrogen) atoms. The number of hydrogen-bond acceptors (Lipinski definition) is 3. The highest BCUT2D eigenvalue weighted by Gasteiger charge is 2.31. The monoisotopic (exact) mass is 288 g/mol. The smallest absolute Gasteiger partial charge is 0.321 e. The molecule has 0 aromatic heterocycles. The minimum atomic E-state index is 0.0115. The Balaban J connectivity index is 1.51. The summed E-state index contributed by atoms with van der Waals surface area (Å²) in [5, 5.41) is 2.96. The molecule has 0 radical (unpaired) electrons. The molecular formula is C16H24N4O. The molecule has 1 aromatic rings. The molecule has 2 fully saturated rings. The fraction of sp³-hybridized carbons (Fsp3) is 0.562. The Kier molecular flexibility index (Phi) is 4.41. The maximum absolute atomic E-state index is 12.3. The van der Waals surface area contributed by atoms with E-state index in [1.54, 1.807) is 0 Å². The van der Waals surface area contributed by atoms with Crippen LogP contribution >= 0.6 is 0 Å². The summed E-state index contributed by atoms with van der Waals surface area (Å²) in [5.41, 5.74) is 6.81. The maximum Gasteiger partial charge on any atom is 0.321 e. The molecular weight excluding hydrogens is 264 g/mol. The average molecular weight is 288 g/mol. The summed E-state index contributed by atoms with van der Waals surface area (Å²) < 4.78 is 0. The van der Waals surface area contributed by atoms with Crippen LogP contribution in [-0.4, -0.2) is 54.1 Å². The molecule has 0 aliphatic carbocycles. The van der Waals surface area contributed by atoms with Gasteiger partial charge in [0.2, 0.25) is 0 Å². The highest BCUT2D eigenvalue weighted by molar-refractivity contribution is 5.89. The fourth-order valence-electron chi connectivity index (χ4n) is 3.23. The van der Waals surface area contributed by atoms with Crippen molar-refractivity contribution >= 4 is 11.7 Å². The molecule has 2 saturated heterocycles. The van der Waals surface area contributed by atoms with Gasteiger partial charge < -0.3 is 16.0 Å². The third kappa shape index (κ3) is 3.54. The van der Waals surface area contributed by atoms with Crippen LogP contribution in [0.4, 0.5) is 10.5 Å². The Morgan fingerprint density at radius 1 is 1.10 bits per heavy atom. The molecule has 3 N–H and O–H groups in total. The molecule has 1 unspecified atom stereocenters. The zero-order chi connectivity index (χ0) is 14.7. The van der Waals surface area contributed by atoms with E-state index in [4.69, 9.17) is 5.73 Å². The quantitative estimate of drug-likeness (QED) is 0.871. The van der Waals surface area contributed by atoms with E-state index >= 15 is 0 Å². The van der Waals surface area contributed by atoms with Crippen LogP contribution in [0.25, 0.3) is 0 Å². The number of rotatable bonds is 2. The summed E-state index contributed by atoms with van der Waals surface area (Å²) in [6.45, 7) is 3.81. The first kappa shape index (κ1) is 14.4. The number of benzene rings is 1. The zero-order valence-electron chi connectivity index (χ0n) is 12.4. The largest absolute Gasteiger partial charge is 0.328 e. The van der Waals surface area contributed by atoms with Crippen molar-refractivity contribution in [3.8, 4) is 0 Å². The van der Waals surface area contributed by atoms with Crippen molar-refractivity contribution in [2.45, 2.75) is 31.3 Å². The highest BCUT2D eigenvalue weighted by atomic mass is 16.2. The van der Waals surface area contributed by atoms with Crippen LogP contribution in [0.2, 0.25) is 0 Å². The first-order chi connectivity index (χ1) is 10.2. The molecule has 0 spiro atoms. The molecule has 0 saturated carbocycles. The summed E-state index contributed by atoms with van der Waals surface area (Å²) in [4.78, 5) is 16.7. The minimum Gasteiger partial charge on any atom is -0.328 e. The van der Waals surface area contributed by atoms with Crippen molar-refractivity contribution in [3.05, 3.63) is 30.3 Å². The molecule has 2 amide bonds. The van der Waals surface area contributed by atoms with Crippen molar-refractivity contribution < 1.29 is 4.79 Å². The standard InChI is InChI=1S/C16H24N4O/c17-13-6-9-19(10-7-13)15-8-11-20(12-15)16(21)18-14-4-2-1-3-5-14/h1-5,13,15H,6-12,17H2,(H,18,21). The lowest BCUT2D eigenvalue weighted by Crippen LogP contribution is -2.46. The van der Waals surface area contributed by atoms with Crippen LogP contribution < -0.4 is 11.1 Å². The Morgan fingerprint density at radius 2 is 1.81 bits per heavy atom. The Hall–Kier alpha value is -1.59. The number of nitrogens with zero attached hydrogens (tertiary/aromatic N) is 2. The van der Waals surface area contributed by atoms with Crippen LogP contribution in [0.3, 0.4) is 0 Å². The molecule has 114 valence electrons. The number of anilines is 1. The van der Waals surface area contributed by atoms with E-state index in [1.165, 1.54) is 0 Å². The number of hydrogen-bond donors (Lipinski definition) is 2. The van der Waals surface area contributed by atoms with Gasteiger partial charge in [0, 0.05) is 30.9 Å². The van der Waals surface area contributed by atoms with Crippen LogP contribution in [0.15, 0.2) is 30.3 Å². The Bertz CT molecular complexity index is 470. The molecule has 0 bridgehead atoms. The molecule has 2 aliphatic rings.